The molecule has 0 bridgehead atoms. The Hall–Kier alpha value is -1.36. The molecule has 0 aliphatic rings. The van der Waals surface area contributed by atoms with Crippen LogP contribution in [0.1, 0.15) is 34.6 Å². The number of pyridine rings is 1. The van der Waals surface area contributed by atoms with E-state index in [1.54, 1.807) is 57.2 Å². The van der Waals surface area contributed by atoms with Gasteiger partial charge in [-0.2, -0.15) is 4.98 Å². The van der Waals surface area contributed by atoms with Gasteiger partial charge in [0.1, 0.15) is 21.5 Å². The highest BCUT2D eigenvalue weighted by atomic mass is 127. The van der Waals surface area contributed by atoms with Crippen LogP contribution in [0.2, 0.25) is 5.15 Å². The lowest BCUT2D eigenvalue weighted by molar-refractivity contribution is -0.152. The van der Waals surface area contributed by atoms with Crippen molar-refractivity contribution in [3.05, 3.63) is 14.5 Å². The largest absolute Gasteiger partial charge is 0.476 e. The summed E-state index contributed by atoms with van der Waals surface area (Å²) in [6, 6.07) is 0. The fourth-order valence-electron chi connectivity index (χ4n) is 1.69. The molecule has 0 saturated heterocycles. The van der Waals surface area contributed by atoms with Crippen LogP contribution in [0, 0.1) is 14.8 Å². The summed E-state index contributed by atoms with van der Waals surface area (Å²) >= 11 is 7.55. The Bertz CT molecular complexity index is 707. The van der Waals surface area contributed by atoms with Crippen molar-refractivity contribution in [2.45, 2.75) is 40.2 Å². The zero-order valence-electron chi connectivity index (χ0n) is 15.3. The van der Waals surface area contributed by atoms with E-state index in [9.17, 15) is 14.0 Å². The molecule has 146 valence electrons. The standard InChI is InChI=1S/C16H21ClFIN2O5/c1-15(2,3)26-14(23)20-10-8(18)11(17)21-12(9(10)19)25-7-16(4,5)13(22)24-6/h7H2,1-6H3,(H,20,21,23). The van der Waals surface area contributed by atoms with E-state index in [-0.39, 0.29) is 21.7 Å². The number of ether oxygens (including phenoxy) is 3. The Morgan fingerprint density at radius 1 is 1.27 bits per heavy atom. The average Bonchev–Trinajstić information content (AvgIpc) is 2.51. The summed E-state index contributed by atoms with van der Waals surface area (Å²) in [6.07, 6.45) is -0.850. The van der Waals surface area contributed by atoms with E-state index in [1.165, 1.54) is 7.11 Å². The second-order valence-corrected chi connectivity index (χ2v) is 8.44. The van der Waals surface area contributed by atoms with Crippen LogP contribution in [0.15, 0.2) is 0 Å². The minimum absolute atomic E-state index is 0.0277. The van der Waals surface area contributed by atoms with Crippen LogP contribution in [0.5, 0.6) is 5.88 Å². The number of esters is 1. The van der Waals surface area contributed by atoms with Gasteiger partial charge in [0.2, 0.25) is 5.88 Å². The number of nitrogens with one attached hydrogen (secondary N) is 1. The summed E-state index contributed by atoms with van der Waals surface area (Å²) in [6.45, 7) is 8.19. The number of nitrogens with zero attached hydrogens (tertiary/aromatic N) is 1. The van der Waals surface area contributed by atoms with E-state index in [0.29, 0.717) is 0 Å². The van der Waals surface area contributed by atoms with Gasteiger partial charge in [-0.05, 0) is 57.2 Å². The Morgan fingerprint density at radius 3 is 2.35 bits per heavy atom. The van der Waals surface area contributed by atoms with Crippen LogP contribution in [0.4, 0.5) is 14.9 Å². The summed E-state index contributed by atoms with van der Waals surface area (Å²) in [7, 11) is 1.27. The molecule has 0 fully saturated rings. The molecule has 0 aliphatic carbocycles. The van der Waals surface area contributed by atoms with E-state index >= 15 is 0 Å². The number of carbonyl (C=O) groups excluding carboxylic acids is 2. The number of hydrogen-bond donors (Lipinski definition) is 1. The molecule has 0 unspecified atom stereocenters. The lowest BCUT2D eigenvalue weighted by Crippen LogP contribution is -2.32. The van der Waals surface area contributed by atoms with Gasteiger partial charge in [0.15, 0.2) is 11.0 Å². The van der Waals surface area contributed by atoms with Gasteiger partial charge >= 0.3 is 12.1 Å². The van der Waals surface area contributed by atoms with Crippen molar-refractivity contribution in [3.63, 3.8) is 0 Å². The van der Waals surface area contributed by atoms with Crippen molar-refractivity contribution in [3.8, 4) is 5.88 Å². The molecule has 0 radical (unpaired) electrons. The number of halogens is 3. The highest BCUT2D eigenvalue weighted by Crippen LogP contribution is 2.34. The molecular weight excluding hydrogens is 482 g/mol. The summed E-state index contributed by atoms with van der Waals surface area (Å²) in [5, 5.41) is 1.82. The topological polar surface area (TPSA) is 86.8 Å². The third-order valence-electron chi connectivity index (χ3n) is 2.94. The molecule has 0 saturated carbocycles. The van der Waals surface area contributed by atoms with Crippen molar-refractivity contribution in [2.75, 3.05) is 19.0 Å². The Kier molecular flexibility index (Phi) is 7.46. The molecular formula is C16H21ClFIN2O5. The molecule has 26 heavy (non-hydrogen) atoms. The summed E-state index contributed by atoms with van der Waals surface area (Å²) < 4.78 is 29.8. The fraction of sp³-hybridized carbons (Fsp3) is 0.562. The molecule has 7 nitrogen and oxygen atoms in total. The minimum atomic E-state index is -0.959. The van der Waals surface area contributed by atoms with E-state index in [1.807, 2.05) is 0 Å². The number of amides is 1. The van der Waals surface area contributed by atoms with Gasteiger partial charge in [0.05, 0.1) is 12.5 Å². The molecule has 10 heteroatoms. The molecule has 1 N–H and O–H groups in total. The van der Waals surface area contributed by atoms with Crippen LogP contribution in [0.3, 0.4) is 0 Å². The normalized spacial score (nSPS) is 11.7. The first kappa shape index (κ1) is 22.7. The van der Waals surface area contributed by atoms with E-state index < -0.39 is 34.0 Å². The van der Waals surface area contributed by atoms with E-state index in [0.717, 1.165) is 0 Å². The second kappa shape index (κ2) is 8.55. The maximum absolute atomic E-state index is 14.3. The van der Waals surface area contributed by atoms with Crippen molar-refractivity contribution >= 4 is 51.9 Å². The third kappa shape index (κ3) is 6.11. The number of rotatable bonds is 5. The third-order valence-corrected chi connectivity index (χ3v) is 4.19. The van der Waals surface area contributed by atoms with E-state index in [2.05, 4.69) is 10.3 Å². The monoisotopic (exact) mass is 502 g/mol. The van der Waals surface area contributed by atoms with Gasteiger partial charge < -0.3 is 14.2 Å². The first-order chi connectivity index (χ1) is 11.8. The lowest BCUT2D eigenvalue weighted by Gasteiger charge is -2.23. The van der Waals surface area contributed by atoms with Crippen LogP contribution in [0.25, 0.3) is 0 Å². The van der Waals surface area contributed by atoms with Gasteiger partial charge in [-0.25, -0.2) is 9.18 Å². The second-order valence-electron chi connectivity index (χ2n) is 7.00. The molecule has 1 heterocycles. The maximum Gasteiger partial charge on any atom is 0.412 e. The number of hydrogen-bond acceptors (Lipinski definition) is 6. The van der Waals surface area contributed by atoms with Crippen molar-refractivity contribution in [2.24, 2.45) is 5.41 Å². The zero-order valence-corrected chi connectivity index (χ0v) is 18.2. The predicted molar refractivity (Wildman–Crippen MR) is 103 cm³/mol. The SMILES string of the molecule is COC(=O)C(C)(C)COc1nc(Cl)c(F)c(NC(=O)OC(C)(C)C)c1I. The first-order valence-electron chi connectivity index (χ1n) is 7.54. The Labute approximate surface area is 170 Å². The maximum atomic E-state index is 14.3. The molecule has 0 aliphatic heterocycles. The number of methoxy groups -OCH3 is 1. The smallest absolute Gasteiger partial charge is 0.412 e. The summed E-state index contributed by atoms with van der Waals surface area (Å²) in [5.41, 5.74) is -1.93. The molecule has 1 amide bonds. The Balaban J connectivity index is 3.08. The highest BCUT2D eigenvalue weighted by molar-refractivity contribution is 14.1. The fourth-order valence-corrected chi connectivity index (χ4v) is 2.51. The number of aromatic nitrogens is 1. The molecule has 1 aromatic rings. The van der Waals surface area contributed by atoms with Crippen molar-refractivity contribution in [1.29, 1.82) is 0 Å². The highest BCUT2D eigenvalue weighted by Gasteiger charge is 2.31. The molecule has 0 spiro atoms. The van der Waals surface area contributed by atoms with Crippen LogP contribution < -0.4 is 10.1 Å². The summed E-state index contributed by atoms with van der Waals surface area (Å²) in [5.74, 6) is -1.42. The number of carbonyl (C=O) groups is 2. The molecule has 0 aromatic carbocycles. The molecule has 0 atom stereocenters. The van der Waals surface area contributed by atoms with Crippen LogP contribution in [-0.4, -0.2) is 36.4 Å². The quantitative estimate of drug-likeness (QED) is 0.365. The van der Waals surface area contributed by atoms with Crippen LogP contribution in [-0.2, 0) is 14.3 Å². The lowest BCUT2D eigenvalue weighted by atomic mass is 9.95. The first-order valence-corrected chi connectivity index (χ1v) is 9.00. The Morgan fingerprint density at radius 2 is 1.85 bits per heavy atom. The molecule has 1 rings (SSSR count). The average molecular weight is 503 g/mol. The minimum Gasteiger partial charge on any atom is -0.476 e. The van der Waals surface area contributed by atoms with Crippen LogP contribution >= 0.6 is 34.2 Å². The molecule has 1 aromatic heterocycles. The van der Waals surface area contributed by atoms with Gasteiger partial charge in [0, 0.05) is 0 Å². The van der Waals surface area contributed by atoms with Crippen molar-refractivity contribution < 1.29 is 28.2 Å². The predicted octanol–water partition coefficient (Wildman–Crippen LogP) is 4.40. The number of anilines is 1. The van der Waals surface area contributed by atoms with Gasteiger partial charge in [-0.3, -0.25) is 10.1 Å². The van der Waals surface area contributed by atoms with Gasteiger partial charge in [-0.15, -0.1) is 0 Å². The van der Waals surface area contributed by atoms with Crippen molar-refractivity contribution in [1.82, 2.24) is 4.98 Å². The summed E-state index contributed by atoms with van der Waals surface area (Å²) in [4.78, 5) is 27.5. The van der Waals surface area contributed by atoms with E-state index in [4.69, 9.17) is 25.8 Å². The van der Waals surface area contributed by atoms with Gasteiger partial charge in [-0.1, -0.05) is 11.6 Å². The zero-order chi connectivity index (χ0) is 20.3. The van der Waals surface area contributed by atoms with Gasteiger partial charge in [0.25, 0.3) is 0 Å².